The Kier molecular flexibility index (Phi) is 5.41. The van der Waals surface area contributed by atoms with Crippen LogP contribution in [0.3, 0.4) is 0 Å². The van der Waals surface area contributed by atoms with Gasteiger partial charge in [0.1, 0.15) is 5.82 Å². The van der Waals surface area contributed by atoms with Crippen LogP contribution in [0.4, 0.5) is 10.1 Å². The third-order valence-electron chi connectivity index (χ3n) is 3.71. The number of hydrazone groups is 1. The second kappa shape index (κ2) is 8.09. The molecule has 1 aromatic heterocycles. The first kappa shape index (κ1) is 18.1. The molecule has 0 bridgehead atoms. The monoisotopic (exact) mass is 365 g/mol. The molecule has 0 atom stereocenters. The van der Waals surface area contributed by atoms with Crippen molar-refractivity contribution >= 4 is 23.2 Å². The first-order valence-corrected chi connectivity index (χ1v) is 8.08. The lowest BCUT2D eigenvalue weighted by Crippen LogP contribution is -2.18. The fraction of sp³-hybridized carbons (Fsp3) is 0.0500. The van der Waals surface area contributed by atoms with E-state index in [-0.39, 0.29) is 11.7 Å². The molecule has 0 spiro atoms. The highest BCUT2D eigenvalue weighted by Crippen LogP contribution is 2.14. The maximum absolute atomic E-state index is 13.0. The van der Waals surface area contributed by atoms with E-state index >= 15 is 0 Å². The zero-order chi connectivity index (χ0) is 19.2. The van der Waals surface area contributed by atoms with Crippen molar-refractivity contribution in [1.82, 2.24) is 5.43 Å². The van der Waals surface area contributed by atoms with Gasteiger partial charge in [0.15, 0.2) is 5.76 Å². The lowest BCUT2D eigenvalue weighted by molar-refractivity contribution is 0.0926. The molecule has 0 unspecified atom stereocenters. The molecule has 7 heteroatoms. The lowest BCUT2D eigenvalue weighted by atomic mass is 10.1. The van der Waals surface area contributed by atoms with Gasteiger partial charge in [-0.15, -0.1) is 0 Å². The summed E-state index contributed by atoms with van der Waals surface area (Å²) in [5.41, 5.74) is 4.57. The molecule has 1 heterocycles. The van der Waals surface area contributed by atoms with Crippen LogP contribution in [0, 0.1) is 5.82 Å². The van der Waals surface area contributed by atoms with Crippen LogP contribution < -0.4 is 10.7 Å². The molecule has 0 aliphatic rings. The smallest absolute Gasteiger partial charge is 0.307 e. The summed E-state index contributed by atoms with van der Waals surface area (Å²) in [4.78, 5) is 24.1. The van der Waals surface area contributed by atoms with Gasteiger partial charge in [0.2, 0.25) is 0 Å². The molecule has 2 N–H and O–H groups in total. The second-order valence-corrected chi connectivity index (χ2v) is 5.66. The van der Waals surface area contributed by atoms with Crippen molar-refractivity contribution in [2.45, 2.75) is 6.92 Å². The summed E-state index contributed by atoms with van der Waals surface area (Å²) in [6, 6.07) is 15.4. The molecule has 0 radical (unpaired) electrons. The number of anilines is 1. The minimum absolute atomic E-state index is 0.159. The molecule has 3 aromatic rings. The molecule has 0 fully saturated rings. The van der Waals surface area contributed by atoms with Gasteiger partial charge in [-0.1, -0.05) is 12.1 Å². The van der Waals surface area contributed by atoms with Crippen molar-refractivity contribution in [2.24, 2.45) is 5.10 Å². The number of carbonyl (C=O) groups excluding carboxylic acids is 2. The van der Waals surface area contributed by atoms with Crippen LogP contribution in [0.2, 0.25) is 0 Å². The van der Waals surface area contributed by atoms with Gasteiger partial charge in [0.05, 0.1) is 12.0 Å². The molecule has 0 saturated carbocycles. The van der Waals surface area contributed by atoms with E-state index in [0.29, 0.717) is 22.5 Å². The number of benzene rings is 2. The zero-order valence-electron chi connectivity index (χ0n) is 14.4. The maximum Gasteiger partial charge on any atom is 0.307 e. The Labute approximate surface area is 154 Å². The SMILES string of the molecule is C/C(=N\NC(=O)c1ccco1)c1cccc(NC(=O)c2ccc(F)cc2)c1. The highest BCUT2D eigenvalue weighted by atomic mass is 19.1. The molecule has 3 rings (SSSR count). The van der Waals surface area contributed by atoms with E-state index in [4.69, 9.17) is 4.42 Å². The van der Waals surface area contributed by atoms with E-state index in [0.717, 1.165) is 0 Å². The Morgan fingerprint density at radius 1 is 0.963 bits per heavy atom. The number of hydrogen-bond donors (Lipinski definition) is 2. The Hall–Kier alpha value is -3.74. The number of hydrogen-bond acceptors (Lipinski definition) is 4. The summed E-state index contributed by atoms with van der Waals surface area (Å²) in [5.74, 6) is -1.06. The molecule has 0 saturated heterocycles. The summed E-state index contributed by atoms with van der Waals surface area (Å²) in [5, 5.41) is 6.78. The number of rotatable bonds is 5. The molecule has 0 aliphatic carbocycles. The Morgan fingerprint density at radius 2 is 1.74 bits per heavy atom. The van der Waals surface area contributed by atoms with Gasteiger partial charge >= 0.3 is 5.91 Å². The lowest BCUT2D eigenvalue weighted by Gasteiger charge is -2.08. The Bertz CT molecular complexity index is 980. The number of halogens is 1. The minimum atomic E-state index is -0.458. The molecule has 0 aliphatic heterocycles. The van der Waals surface area contributed by atoms with Gasteiger partial charge in [0.25, 0.3) is 5.91 Å². The van der Waals surface area contributed by atoms with Crippen LogP contribution in [0.5, 0.6) is 0 Å². The average molecular weight is 365 g/mol. The summed E-state index contributed by atoms with van der Waals surface area (Å²) in [7, 11) is 0. The largest absolute Gasteiger partial charge is 0.459 e. The quantitative estimate of drug-likeness (QED) is 0.532. The highest BCUT2D eigenvalue weighted by Gasteiger charge is 2.09. The van der Waals surface area contributed by atoms with Crippen molar-refractivity contribution < 1.29 is 18.4 Å². The van der Waals surface area contributed by atoms with Gasteiger partial charge in [-0.3, -0.25) is 9.59 Å². The van der Waals surface area contributed by atoms with Crippen molar-refractivity contribution in [1.29, 1.82) is 0 Å². The van der Waals surface area contributed by atoms with E-state index in [1.54, 1.807) is 37.3 Å². The van der Waals surface area contributed by atoms with Gasteiger partial charge in [-0.05, 0) is 61.0 Å². The molecule has 27 heavy (non-hydrogen) atoms. The molecule has 2 aromatic carbocycles. The van der Waals surface area contributed by atoms with Gasteiger partial charge in [0, 0.05) is 11.3 Å². The second-order valence-electron chi connectivity index (χ2n) is 5.66. The Morgan fingerprint density at radius 3 is 2.44 bits per heavy atom. The van der Waals surface area contributed by atoms with Gasteiger partial charge in [-0.2, -0.15) is 5.10 Å². The molecule has 6 nitrogen and oxygen atoms in total. The fourth-order valence-electron chi connectivity index (χ4n) is 2.29. The van der Waals surface area contributed by atoms with Crippen molar-refractivity contribution in [3.05, 3.63) is 89.6 Å². The van der Waals surface area contributed by atoms with Crippen LogP contribution in [0.15, 0.2) is 76.4 Å². The molecular formula is C20H16FN3O3. The van der Waals surface area contributed by atoms with E-state index in [1.807, 2.05) is 0 Å². The number of nitrogens with zero attached hydrogens (tertiary/aromatic N) is 1. The topological polar surface area (TPSA) is 83.7 Å². The Balaban J connectivity index is 1.69. The third-order valence-corrected chi connectivity index (χ3v) is 3.71. The zero-order valence-corrected chi connectivity index (χ0v) is 14.4. The molecule has 136 valence electrons. The maximum atomic E-state index is 13.0. The standard InChI is InChI=1S/C20H16FN3O3/c1-13(23-24-20(26)18-6-3-11-27-18)15-4-2-5-17(12-15)22-19(25)14-7-9-16(21)10-8-14/h2-12H,1H3,(H,22,25)(H,24,26)/b23-13+. The summed E-state index contributed by atoms with van der Waals surface area (Å²) < 4.78 is 18.0. The van der Waals surface area contributed by atoms with E-state index < -0.39 is 11.7 Å². The normalized spacial score (nSPS) is 11.1. The predicted molar refractivity (Wildman–Crippen MR) is 99.2 cm³/mol. The summed E-state index contributed by atoms with van der Waals surface area (Å²) in [6.45, 7) is 1.73. The van der Waals surface area contributed by atoms with Crippen molar-refractivity contribution in [3.63, 3.8) is 0 Å². The first-order valence-electron chi connectivity index (χ1n) is 8.08. The first-order chi connectivity index (χ1) is 13.0. The van der Waals surface area contributed by atoms with Crippen LogP contribution in [-0.2, 0) is 0 Å². The van der Waals surface area contributed by atoms with Crippen LogP contribution in [0.1, 0.15) is 33.4 Å². The van der Waals surface area contributed by atoms with Crippen molar-refractivity contribution in [2.75, 3.05) is 5.32 Å². The van der Waals surface area contributed by atoms with E-state index in [2.05, 4.69) is 15.8 Å². The third kappa shape index (κ3) is 4.66. The molecule has 2 amide bonds. The highest BCUT2D eigenvalue weighted by molar-refractivity contribution is 6.05. The van der Waals surface area contributed by atoms with E-state index in [1.165, 1.54) is 36.6 Å². The van der Waals surface area contributed by atoms with Crippen LogP contribution in [0.25, 0.3) is 0 Å². The predicted octanol–water partition coefficient (Wildman–Crippen LogP) is 3.83. The summed E-state index contributed by atoms with van der Waals surface area (Å²) in [6.07, 6.45) is 1.40. The van der Waals surface area contributed by atoms with E-state index in [9.17, 15) is 14.0 Å². The molecular weight excluding hydrogens is 349 g/mol. The van der Waals surface area contributed by atoms with Crippen LogP contribution in [-0.4, -0.2) is 17.5 Å². The minimum Gasteiger partial charge on any atom is -0.459 e. The van der Waals surface area contributed by atoms with Gasteiger partial charge < -0.3 is 9.73 Å². The number of furan rings is 1. The number of amides is 2. The number of nitrogens with one attached hydrogen (secondary N) is 2. The van der Waals surface area contributed by atoms with Crippen molar-refractivity contribution in [3.8, 4) is 0 Å². The van der Waals surface area contributed by atoms with Gasteiger partial charge in [-0.25, -0.2) is 9.82 Å². The fourth-order valence-corrected chi connectivity index (χ4v) is 2.29. The summed E-state index contributed by atoms with van der Waals surface area (Å²) >= 11 is 0. The van der Waals surface area contributed by atoms with Crippen LogP contribution >= 0.6 is 0 Å². The average Bonchev–Trinajstić information content (AvgIpc) is 3.21. The number of carbonyl (C=O) groups is 2.